The Labute approximate surface area is 66.0 Å². The Morgan fingerprint density at radius 3 is 2.09 bits per heavy atom. The summed E-state index contributed by atoms with van der Waals surface area (Å²) in [5.74, 6) is 0. The summed E-state index contributed by atoms with van der Waals surface area (Å²) >= 11 is 0. The molecule has 0 heterocycles. The smallest absolute Gasteiger partial charge is 0.306 e. The van der Waals surface area contributed by atoms with Crippen molar-refractivity contribution in [2.24, 2.45) is 0 Å². The molecule has 0 aliphatic heterocycles. The van der Waals surface area contributed by atoms with Crippen molar-refractivity contribution in [3.05, 3.63) is 0 Å². The number of rotatable bonds is 4. The first-order valence-electron chi connectivity index (χ1n) is 3.83. The van der Waals surface area contributed by atoms with Gasteiger partial charge < -0.3 is 4.90 Å². The highest BCUT2D eigenvalue weighted by atomic mass is 19.3. The van der Waals surface area contributed by atoms with Crippen LogP contribution >= 0.6 is 0 Å². The van der Waals surface area contributed by atoms with Crippen LogP contribution in [0.15, 0.2) is 0 Å². The van der Waals surface area contributed by atoms with Crippen molar-refractivity contribution in [1.29, 1.82) is 0 Å². The van der Waals surface area contributed by atoms with E-state index >= 15 is 0 Å². The fourth-order valence-corrected chi connectivity index (χ4v) is 0.883. The quantitative estimate of drug-likeness (QED) is 0.635. The van der Waals surface area contributed by atoms with Gasteiger partial charge in [0, 0.05) is 17.6 Å². The van der Waals surface area contributed by atoms with Gasteiger partial charge in [-0.2, -0.15) is 0 Å². The van der Waals surface area contributed by atoms with Crippen LogP contribution in [0, 0.1) is 0 Å². The van der Waals surface area contributed by atoms with Crippen LogP contribution in [0.5, 0.6) is 0 Å². The van der Waals surface area contributed by atoms with Gasteiger partial charge in [-0.25, -0.2) is 9.74 Å². The Hall–Kier alpha value is -0.800. The van der Waals surface area contributed by atoms with Crippen molar-refractivity contribution in [2.45, 2.75) is 26.7 Å². The van der Waals surface area contributed by atoms with E-state index in [1.54, 1.807) is 0 Å². The summed E-state index contributed by atoms with van der Waals surface area (Å²) in [6.07, 6.45) is 0.748. The lowest BCUT2D eigenvalue weighted by atomic mass is 10.4. The molecule has 0 aromatic rings. The van der Waals surface area contributed by atoms with Crippen LogP contribution in [0.2, 0.25) is 0 Å². The van der Waals surface area contributed by atoms with Crippen molar-refractivity contribution in [3.63, 3.8) is 0 Å². The number of hydrogen-bond donors (Lipinski definition) is 0. The molecule has 0 aromatic carbocycles. The van der Waals surface area contributed by atoms with E-state index in [0.29, 0.717) is 13.1 Å². The monoisotopic (exact) mass is 163 g/mol. The highest BCUT2D eigenvalue weighted by Crippen LogP contribution is 1.97. The van der Waals surface area contributed by atoms with Gasteiger partial charge in [-0.05, 0) is 12.8 Å². The predicted molar refractivity (Wildman–Crippen MR) is 39.7 cm³/mol. The van der Waals surface area contributed by atoms with Crippen LogP contribution in [0.3, 0.4) is 0 Å². The first kappa shape index (κ1) is 10.2. The zero-order chi connectivity index (χ0) is 8.69. The lowest BCUT2D eigenvalue weighted by Gasteiger charge is -2.16. The summed E-state index contributed by atoms with van der Waals surface area (Å²) < 4.78 is 11.4. The summed E-state index contributed by atoms with van der Waals surface area (Å²) in [5, 5.41) is 0. The van der Waals surface area contributed by atoms with E-state index in [4.69, 9.17) is 0 Å². The van der Waals surface area contributed by atoms with Crippen molar-refractivity contribution >= 4 is 6.09 Å². The molecule has 1 amide bonds. The minimum atomic E-state index is -0.881. The van der Waals surface area contributed by atoms with Gasteiger partial charge in [0.25, 0.3) is 0 Å². The van der Waals surface area contributed by atoms with Gasteiger partial charge >= 0.3 is 6.09 Å². The summed E-state index contributed by atoms with van der Waals surface area (Å²) in [5.41, 5.74) is 0. The van der Waals surface area contributed by atoms with Crippen LogP contribution in [-0.2, 0) is 4.94 Å². The van der Waals surface area contributed by atoms with Crippen LogP contribution < -0.4 is 0 Å². The van der Waals surface area contributed by atoms with Crippen molar-refractivity contribution in [2.75, 3.05) is 13.1 Å². The number of halogens is 1. The van der Waals surface area contributed by atoms with Crippen LogP contribution in [0.25, 0.3) is 0 Å². The third kappa shape index (κ3) is 3.80. The van der Waals surface area contributed by atoms with Gasteiger partial charge in [0.1, 0.15) is 0 Å². The topological polar surface area (TPSA) is 29.5 Å². The molecule has 0 aliphatic carbocycles. The zero-order valence-electron chi connectivity index (χ0n) is 6.97. The van der Waals surface area contributed by atoms with Crippen LogP contribution in [-0.4, -0.2) is 24.1 Å². The summed E-state index contributed by atoms with van der Waals surface area (Å²) in [6.45, 7) is 4.95. The number of carbonyl (C=O) groups excluding carboxylic acids is 1. The number of amides is 1. The van der Waals surface area contributed by atoms with E-state index in [-0.39, 0.29) is 0 Å². The molecule has 0 aromatic heterocycles. The third-order valence-corrected chi connectivity index (χ3v) is 1.31. The fraction of sp³-hybridized carbons (Fsp3) is 0.857. The Kier molecular flexibility index (Phi) is 5.51. The van der Waals surface area contributed by atoms with E-state index in [1.165, 1.54) is 4.90 Å². The van der Waals surface area contributed by atoms with Crippen molar-refractivity contribution in [1.82, 2.24) is 4.90 Å². The van der Waals surface area contributed by atoms with E-state index in [2.05, 4.69) is 4.94 Å². The minimum Gasteiger partial charge on any atom is -0.306 e. The first-order chi connectivity index (χ1) is 5.26. The van der Waals surface area contributed by atoms with E-state index in [9.17, 15) is 9.32 Å². The average molecular weight is 163 g/mol. The second-order valence-electron chi connectivity index (χ2n) is 2.33. The Bertz CT molecular complexity index is 113. The molecule has 66 valence electrons. The van der Waals surface area contributed by atoms with Gasteiger partial charge in [-0.15, -0.1) is 0 Å². The van der Waals surface area contributed by atoms with Gasteiger partial charge in [0.05, 0.1) is 0 Å². The fourth-order valence-electron chi connectivity index (χ4n) is 0.883. The normalized spacial score (nSPS) is 9.36. The molecule has 4 heteroatoms. The van der Waals surface area contributed by atoms with Crippen LogP contribution in [0.4, 0.5) is 9.32 Å². The van der Waals surface area contributed by atoms with Gasteiger partial charge in [0.2, 0.25) is 0 Å². The Balaban J connectivity index is 3.76. The maximum absolute atomic E-state index is 11.4. The highest BCUT2D eigenvalue weighted by Gasteiger charge is 2.12. The summed E-state index contributed by atoms with van der Waals surface area (Å²) in [7, 11) is 0. The number of nitrogens with zero attached hydrogens (tertiary/aromatic N) is 1. The molecule has 0 bridgehead atoms. The molecule has 0 fully saturated rings. The molecule has 0 spiro atoms. The molecular weight excluding hydrogens is 149 g/mol. The lowest BCUT2D eigenvalue weighted by molar-refractivity contribution is -0.0795. The van der Waals surface area contributed by atoms with E-state index < -0.39 is 6.09 Å². The molecule has 0 N–H and O–H groups in total. The van der Waals surface area contributed by atoms with E-state index in [1.807, 2.05) is 13.8 Å². The maximum atomic E-state index is 11.4. The predicted octanol–water partition coefficient (Wildman–Crippen LogP) is 2.13. The second-order valence-corrected chi connectivity index (χ2v) is 2.33. The summed E-state index contributed by atoms with van der Waals surface area (Å²) in [4.78, 5) is 15.1. The first-order valence-corrected chi connectivity index (χ1v) is 3.83. The molecule has 0 unspecified atom stereocenters. The van der Waals surface area contributed by atoms with Gasteiger partial charge in [0.15, 0.2) is 0 Å². The largest absolute Gasteiger partial charge is 0.447 e. The van der Waals surface area contributed by atoms with Gasteiger partial charge in [-0.1, -0.05) is 13.8 Å². The Morgan fingerprint density at radius 2 is 1.82 bits per heavy atom. The molecule has 11 heavy (non-hydrogen) atoms. The molecule has 3 nitrogen and oxygen atoms in total. The minimum absolute atomic E-state index is 0.552. The lowest BCUT2D eigenvalue weighted by Crippen LogP contribution is -2.31. The molecule has 0 aliphatic rings. The summed E-state index contributed by atoms with van der Waals surface area (Å²) in [6, 6.07) is 0. The molecule has 0 saturated heterocycles. The molecule has 0 rings (SSSR count). The SMILES string of the molecule is CCCN(CCC)C(=O)OF. The highest BCUT2D eigenvalue weighted by molar-refractivity contribution is 5.66. The molecular formula is C7H14FNO2. The maximum Gasteiger partial charge on any atom is 0.447 e. The average Bonchev–Trinajstić information content (AvgIpc) is 2.03. The zero-order valence-corrected chi connectivity index (χ0v) is 6.97. The molecule has 0 radical (unpaired) electrons. The number of carbonyl (C=O) groups is 1. The number of hydrogen-bond acceptors (Lipinski definition) is 2. The van der Waals surface area contributed by atoms with E-state index in [0.717, 1.165) is 12.8 Å². The Morgan fingerprint density at radius 1 is 1.36 bits per heavy atom. The molecule has 0 saturated carbocycles. The van der Waals surface area contributed by atoms with Gasteiger partial charge in [-0.3, -0.25) is 0 Å². The van der Waals surface area contributed by atoms with Crippen molar-refractivity contribution < 1.29 is 14.3 Å². The standard InChI is InChI=1S/C7H14FNO2/c1-3-5-9(6-4-2)7(10)11-8/h3-6H2,1-2H3. The van der Waals surface area contributed by atoms with Crippen LogP contribution in [0.1, 0.15) is 26.7 Å². The second kappa shape index (κ2) is 5.95. The third-order valence-electron chi connectivity index (χ3n) is 1.31. The van der Waals surface area contributed by atoms with Crippen molar-refractivity contribution in [3.8, 4) is 0 Å². The molecule has 0 atom stereocenters.